The molecule has 1 aromatic heterocycles. The number of hydrogen-bond acceptors (Lipinski definition) is 4. The fraction of sp³-hybridized carbons (Fsp3) is 0.375. The summed E-state index contributed by atoms with van der Waals surface area (Å²) in [6.45, 7) is 5.11. The molecular weight excluding hydrogens is 414 g/mol. The van der Waals surface area contributed by atoms with Crippen LogP contribution in [0.2, 0.25) is 5.02 Å². The molecule has 1 atom stereocenters. The van der Waals surface area contributed by atoms with Crippen LogP contribution in [0.5, 0.6) is 0 Å². The molecule has 0 spiro atoms. The molecule has 0 aliphatic carbocycles. The van der Waals surface area contributed by atoms with Crippen molar-refractivity contribution in [2.75, 3.05) is 13.1 Å². The van der Waals surface area contributed by atoms with Gasteiger partial charge < -0.3 is 14.6 Å². The maximum absolute atomic E-state index is 13.2. The SMILES string of the molecule is CC(C)[C@H](NC(=O)c1ccc(Cl)cc1)C(=O)N1CCC(c2nc3ccccc3o2)CC1. The zero-order chi connectivity index (χ0) is 22.0. The van der Waals surface area contributed by atoms with Crippen LogP contribution >= 0.6 is 11.6 Å². The molecule has 0 saturated carbocycles. The van der Waals surface area contributed by atoms with Gasteiger partial charge in [-0.25, -0.2) is 4.98 Å². The highest BCUT2D eigenvalue weighted by Crippen LogP contribution is 2.30. The molecule has 1 aliphatic heterocycles. The second-order valence-corrected chi connectivity index (χ2v) is 8.76. The van der Waals surface area contributed by atoms with Gasteiger partial charge in [-0.15, -0.1) is 0 Å². The molecule has 162 valence electrons. The monoisotopic (exact) mass is 439 g/mol. The second kappa shape index (κ2) is 9.10. The molecule has 0 bridgehead atoms. The Hall–Kier alpha value is -2.86. The van der Waals surface area contributed by atoms with E-state index in [2.05, 4.69) is 10.3 Å². The summed E-state index contributed by atoms with van der Waals surface area (Å²) in [5, 5.41) is 3.47. The van der Waals surface area contributed by atoms with Crippen LogP contribution in [-0.4, -0.2) is 40.8 Å². The van der Waals surface area contributed by atoms with Crippen molar-refractivity contribution in [2.45, 2.75) is 38.6 Å². The number of nitrogens with one attached hydrogen (secondary N) is 1. The van der Waals surface area contributed by atoms with Crippen molar-refractivity contribution in [1.29, 1.82) is 0 Å². The lowest BCUT2D eigenvalue weighted by atomic mass is 9.95. The van der Waals surface area contributed by atoms with E-state index in [9.17, 15) is 9.59 Å². The lowest BCUT2D eigenvalue weighted by Crippen LogP contribution is -2.52. The predicted octanol–water partition coefficient (Wildman–Crippen LogP) is 4.64. The summed E-state index contributed by atoms with van der Waals surface area (Å²) in [7, 11) is 0. The summed E-state index contributed by atoms with van der Waals surface area (Å²) >= 11 is 5.90. The van der Waals surface area contributed by atoms with E-state index in [1.165, 1.54) is 0 Å². The average molecular weight is 440 g/mol. The molecule has 1 fully saturated rings. The van der Waals surface area contributed by atoms with Crippen molar-refractivity contribution < 1.29 is 14.0 Å². The number of likely N-dealkylation sites (tertiary alicyclic amines) is 1. The molecule has 4 rings (SSSR count). The number of carbonyl (C=O) groups excluding carboxylic acids is 2. The first kappa shape index (κ1) is 21.4. The number of aromatic nitrogens is 1. The van der Waals surface area contributed by atoms with Crippen LogP contribution in [0.15, 0.2) is 52.9 Å². The molecule has 1 N–H and O–H groups in total. The Morgan fingerprint density at radius 2 is 1.77 bits per heavy atom. The fourth-order valence-electron chi connectivity index (χ4n) is 3.95. The number of fused-ring (bicyclic) bond motifs is 1. The molecule has 2 heterocycles. The van der Waals surface area contributed by atoms with Gasteiger partial charge in [0.2, 0.25) is 5.91 Å². The highest BCUT2D eigenvalue weighted by molar-refractivity contribution is 6.30. The van der Waals surface area contributed by atoms with Gasteiger partial charge in [-0.1, -0.05) is 37.6 Å². The molecule has 6 nitrogen and oxygen atoms in total. The van der Waals surface area contributed by atoms with Gasteiger partial charge in [0.1, 0.15) is 11.6 Å². The number of benzene rings is 2. The molecule has 1 saturated heterocycles. The summed E-state index contributed by atoms with van der Waals surface area (Å²) in [6, 6.07) is 13.8. The van der Waals surface area contributed by atoms with Gasteiger partial charge in [0.05, 0.1) is 0 Å². The van der Waals surface area contributed by atoms with E-state index in [1.807, 2.05) is 43.0 Å². The van der Waals surface area contributed by atoms with Gasteiger partial charge in [0.15, 0.2) is 11.5 Å². The minimum absolute atomic E-state index is 0.0292. The molecule has 1 aliphatic rings. The van der Waals surface area contributed by atoms with Crippen LogP contribution in [0.4, 0.5) is 0 Å². The Morgan fingerprint density at radius 3 is 2.42 bits per heavy atom. The quantitative estimate of drug-likeness (QED) is 0.628. The average Bonchev–Trinajstić information content (AvgIpc) is 3.21. The van der Waals surface area contributed by atoms with Crippen LogP contribution in [0.1, 0.15) is 48.9 Å². The minimum Gasteiger partial charge on any atom is -0.440 e. The highest BCUT2D eigenvalue weighted by atomic mass is 35.5. The summed E-state index contributed by atoms with van der Waals surface area (Å²) in [5.74, 6) is 0.583. The van der Waals surface area contributed by atoms with Crippen molar-refractivity contribution in [3.8, 4) is 0 Å². The van der Waals surface area contributed by atoms with Gasteiger partial charge in [-0.3, -0.25) is 9.59 Å². The van der Waals surface area contributed by atoms with Crippen molar-refractivity contribution >= 4 is 34.5 Å². The Kier molecular flexibility index (Phi) is 6.28. The number of halogens is 1. The normalized spacial score (nSPS) is 15.9. The van der Waals surface area contributed by atoms with E-state index >= 15 is 0 Å². The van der Waals surface area contributed by atoms with Crippen LogP contribution in [0.25, 0.3) is 11.1 Å². The fourth-order valence-corrected chi connectivity index (χ4v) is 4.07. The van der Waals surface area contributed by atoms with E-state index in [-0.39, 0.29) is 23.7 Å². The van der Waals surface area contributed by atoms with Crippen molar-refractivity contribution in [1.82, 2.24) is 15.2 Å². The summed E-state index contributed by atoms with van der Waals surface area (Å²) in [6.07, 6.45) is 1.57. The number of oxazole rings is 1. The lowest BCUT2D eigenvalue weighted by molar-refractivity contribution is -0.135. The highest BCUT2D eigenvalue weighted by Gasteiger charge is 2.33. The molecule has 7 heteroatoms. The Labute approximate surface area is 186 Å². The Bertz CT molecular complexity index is 1040. The van der Waals surface area contributed by atoms with Crippen LogP contribution in [0.3, 0.4) is 0 Å². The van der Waals surface area contributed by atoms with Gasteiger partial charge in [0, 0.05) is 29.6 Å². The summed E-state index contributed by atoms with van der Waals surface area (Å²) in [5.41, 5.74) is 2.14. The number of para-hydroxylation sites is 2. The van der Waals surface area contributed by atoms with Gasteiger partial charge >= 0.3 is 0 Å². The van der Waals surface area contributed by atoms with Crippen LogP contribution in [0, 0.1) is 5.92 Å². The second-order valence-electron chi connectivity index (χ2n) is 8.32. The number of nitrogens with zero attached hydrogens (tertiary/aromatic N) is 2. The number of piperidine rings is 1. The number of rotatable bonds is 5. The Balaban J connectivity index is 1.39. The Morgan fingerprint density at radius 1 is 1.10 bits per heavy atom. The van der Waals surface area contributed by atoms with Crippen LogP contribution in [-0.2, 0) is 4.79 Å². The number of amides is 2. The molecule has 3 aromatic rings. The molecule has 2 aromatic carbocycles. The van der Waals surface area contributed by atoms with Crippen molar-refractivity contribution in [3.63, 3.8) is 0 Å². The first-order valence-corrected chi connectivity index (χ1v) is 11.0. The van der Waals surface area contributed by atoms with E-state index in [4.69, 9.17) is 16.0 Å². The molecule has 31 heavy (non-hydrogen) atoms. The van der Waals surface area contributed by atoms with Crippen LogP contribution < -0.4 is 5.32 Å². The summed E-state index contributed by atoms with van der Waals surface area (Å²) in [4.78, 5) is 32.3. The van der Waals surface area contributed by atoms with E-state index < -0.39 is 6.04 Å². The lowest BCUT2D eigenvalue weighted by Gasteiger charge is -2.34. The first-order valence-electron chi connectivity index (χ1n) is 10.6. The third-order valence-corrected chi connectivity index (χ3v) is 6.04. The van der Waals surface area contributed by atoms with Crippen molar-refractivity contribution in [2.24, 2.45) is 5.92 Å². The molecule has 0 radical (unpaired) electrons. The molecule has 0 unspecified atom stereocenters. The van der Waals surface area contributed by atoms with E-state index in [0.29, 0.717) is 23.7 Å². The maximum atomic E-state index is 13.2. The number of hydrogen-bond donors (Lipinski definition) is 1. The largest absolute Gasteiger partial charge is 0.440 e. The molecular formula is C24H26ClN3O3. The topological polar surface area (TPSA) is 75.4 Å². The van der Waals surface area contributed by atoms with Gasteiger partial charge in [-0.05, 0) is 55.2 Å². The summed E-state index contributed by atoms with van der Waals surface area (Å²) < 4.78 is 5.92. The van der Waals surface area contributed by atoms with E-state index in [0.717, 1.165) is 29.8 Å². The molecule has 2 amide bonds. The predicted molar refractivity (Wildman–Crippen MR) is 120 cm³/mol. The van der Waals surface area contributed by atoms with E-state index in [1.54, 1.807) is 24.3 Å². The third-order valence-electron chi connectivity index (χ3n) is 5.79. The number of carbonyl (C=O) groups is 2. The minimum atomic E-state index is -0.580. The van der Waals surface area contributed by atoms with Gasteiger partial charge in [-0.2, -0.15) is 0 Å². The first-order chi connectivity index (χ1) is 14.9. The maximum Gasteiger partial charge on any atom is 0.251 e. The van der Waals surface area contributed by atoms with Crippen molar-refractivity contribution in [3.05, 3.63) is 65.0 Å². The smallest absolute Gasteiger partial charge is 0.251 e. The van der Waals surface area contributed by atoms with Gasteiger partial charge in [0.25, 0.3) is 5.91 Å². The zero-order valence-corrected chi connectivity index (χ0v) is 18.4. The standard InChI is InChI=1S/C24H26ClN3O3/c1-15(2)21(27-22(29)16-7-9-18(25)10-8-16)24(30)28-13-11-17(12-14-28)23-26-19-5-3-4-6-20(19)31-23/h3-10,15,17,21H,11-14H2,1-2H3,(H,27,29)/t21-/m0/s1. The third kappa shape index (κ3) is 4.74. The zero-order valence-electron chi connectivity index (χ0n) is 17.7.